The molecule has 29 heavy (non-hydrogen) atoms. The zero-order chi connectivity index (χ0) is 21.2. The highest BCUT2D eigenvalue weighted by atomic mass is 79.9. The second-order valence-corrected chi connectivity index (χ2v) is 7.57. The van der Waals surface area contributed by atoms with Crippen LogP contribution in [0.1, 0.15) is 17.9 Å². The highest BCUT2D eigenvalue weighted by molar-refractivity contribution is 9.10. The summed E-state index contributed by atoms with van der Waals surface area (Å²) in [5, 5.41) is 19.1. The molecular formula is C18H17BrCl2N4O4. The van der Waals surface area contributed by atoms with E-state index in [4.69, 9.17) is 43.3 Å². The van der Waals surface area contributed by atoms with E-state index < -0.39 is 5.09 Å². The van der Waals surface area contributed by atoms with Crippen LogP contribution < -0.4 is 4.74 Å². The van der Waals surface area contributed by atoms with Gasteiger partial charge in [0.1, 0.15) is 18.4 Å². The van der Waals surface area contributed by atoms with Crippen LogP contribution in [0.4, 0.5) is 0 Å². The van der Waals surface area contributed by atoms with Crippen LogP contribution in [0, 0.1) is 10.1 Å². The molecule has 0 amide bonds. The number of aromatic nitrogens is 3. The van der Waals surface area contributed by atoms with Crippen molar-refractivity contribution in [3.05, 3.63) is 85.3 Å². The third-order valence-electron chi connectivity index (χ3n) is 3.83. The van der Waals surface area contributed by atoms with Crippen molar-refractivity contribution in [2.24, 2.45) is 0 Å². The normalized spacial score (nSPS) is 11.3. The lowest BCUT2D eigenvalue weighted by Crippen LogP contribution is -2.14. The number of hydrogen-bond donors (Lipinski definition) is 1. The first-order chi connectivity index (χ1) is 13.8. The minimum Gasteiger partial charge on any atom is -0.494 e. The Morgan fingerprint density at radius 1 is 1.24 bits per heavy atom. The van der Waals surface area contributed by atoms with Gasteiger partial charge in [-0.3, -0.25) is 4.68 Å². The van der Waals surface area contributed by atoms with Gasteiger partial charge in [-0.1, -0.05) is 45.2 Å². The van der Waals surface area contributed by atoms with Crippen LogP contribution in [0.25, 0.3) is 0 Å². The van der Waals surface area contributed by atoms with Crippen LogP contribution in [0.2, 0.25) is 10.0 Å². The predicted octanol–water partition coefficient (Wildman–Crippen LogP) is 5.25. The van der Waals surface area contributed by atoms with E-state index in [1.807, 2.05) is 36.4 Å². The minimum atomic E-state index is -1.50. The molecule has 1 heterocycles. The predicted molar refractivity (Wildman–Crippen MR) is 112 cm³/mol. The second-order valence-electron chi connectivity index (χ2n) is 5.81. The van der Waals surface area contributed by atoms with Crippen LogP contribution in [0.3, 0.4) is 0 Å². The van der Waals surface area contributed by atoms with Crippen molar-refractivity contribution < 1.29 is 15.0 Å². The van der Waals surface area contributed by atoms with Crippen molar-refractivity contribution in [2.75, 3.05) is 6.61 Å². The fraction of sp³-hybridized carbons (Fsp3) is 0.222. The summed E-state index contributed by atoms with van der Waals surface area (Å²) in [6, 6.07) is 13.4. The Bertz CT molecular complexity index is 907. The number of hydrogen-bond acceptors (Lipinski definition) is 5. The summed E-state index contributed by atoms with van der Waals surface area (Å²) in [5.41, 5.74) is 1.03. The molecule has 0 aliphatic rings. The Morgan fingerprint density at radius 2 is 1.93 bits per heavy atom. The molecule has 1 unspecified atom stereocenters. The van der Waals surface area contributed by atoms with E-state index in [9.17, 15) is 0 Å². The molecule has 8 nitrogen and oxygen atoms in total. The second kappa shape index (κ2) is 11.6. The van der Waals surface area contributed by atoms with Crippen molar-refractivity contribution in [2.45, 2.75) is 18.9 Å². The molecule has 3 rings (SSSR count). The molecule has 0 aliphatic carbocycles. The van der Waals surface area contributed by atoms with Crippen LogP contribution in [-0.2, 0) is 6.54 Å². The lowest BCUT2D eigenvalue weighted by Gasteiger charge is -2.19. The lowest BCUT2D eigenvalue weighted by atomic mass is 9.96. The van der Waals surface area contributed by atoms with E-state index in [0.29, 0.717) is 23.2 Å². The smallest absolute Gasteiger partial charge is 0.291 e. The molecule has 2 aromatic carbocycles. The molecule has 0 fully saturated rings. The van der Waals surface area contributed by atoms with Gasteiger partial charge in [0.25, 0.3) is 5.09 Å². The maximum Gasteiger partial charge on any atom is 0.291 e. The van der Waals surface area contributed by atoms with Crippen molar-refractivity contribution >= 4 is 39.1 Å². The molecule has 0 radical (unpaired) electrons. The minimum absolute atomic E-state index is 0.141. The molecule has 0 saturated heterocycles. The summed E-state index contributed by atoms with van der Waals surface area (Å²) in [6.45, 7) is 1.24. The molecule has 1 N–H and O–H groups in total. The Kier molecular flexibility index (Phi) is 9.17. The molecule has 1 aromatic heterocycles. The molecule has 0 saturated carbocycles. The Labute approximate surface area is 185 Å². The van der Waals surface area contributed by atoms with E-state index in [2.05, 4.69) is 26.0 Å². The van der Waals surface area contributed by atoms with E-state index in [0.717, 1.165) is 22.2 Å². The van der Waals surface area contributed by atoms with Gasteiger partial charge in [0.15, 0.2) is 0 Å². The first-order valence-electron chi connectivity index (χ1n) is 8.34. The van der Waals surface area contributed by atoms with Crippen molar-refractivity contribution in [3.8, 4) is 5.75 Å². The van der Waals surface area contributed by atoms with Gasteiger partial charge in [-0.15, -0.1) is 10.1 Å². The summed E-state index contributed by atoms with van der Waals surface area (Å²) < 4.78 is 8.69. The summed E-state index contributed by atoms with van der Waals surface area (Å²) in [4.78, 5) is 12.4. The van der Waals surface area contributed by atoms with Gasteiger partial charge in [0, 0.05) is 27.0 Å². The fourth-order valence-electron chi connectivity index (χ4n) is 2.58. The van der Waals surface area contributed by atoms with E-state index in [-0.39, 0.29) is 5.92 Å². The highest BCUT2D eigenvalue weighted by Gasteiger charge is 2.17. The molecule has 0 aliphatic heterocycles. The van der Waals surface area contributed by atoms with Crippen LogP contribution in [0.15, 0.2) is 59.6 Å². The first kappa shape index (κ1) is 22.9. The van der Waals surface area contributed by atoms with E-state index >= 15 is 0 Å². The number of halogens is 3. The number of ether oxygens (including phenoxy) is 1. The summed E-state index contributed by atoms with van der Waals surface area (Å²) in [5.74, 6) is 0.979. The standard InChI is InChI=1S/C18H16BrCl2N3O.HNO3/c19-14-1-4-16(5-2-14)25-8-7-13(10-24-12-22-11-23-24)17-6-3-15(20)9-18(17)21;2-1(3)4/h1-6,9,11-13H,7-8,10H2;(H,2,3,4). The van der Waals surface area contributed by atoms with Crippen molar-refractivity contribution in [1.29, 1.82) is 0 Å². The highest BCUT2D eigenvalue weighted by Crippen LogP contribution is 2.31. The van der Waals surface area contributed by atoms with Crippen molar-refractivity contribution in [3.63, 3.8) is 0 Å². The maximum atomic E-state index is 8.36. The zero-order valence-electron chi connectivity index (χ0n) is 15.0. The molecule has 0 spiro atoms. The third-order valence-corrected chi connectivity index (χ3v) is 4.92. The van der Waals surface area contributed by atoms with Gasteiger partial charge in [-0.05, 0) is 48.4 Å². The fourth-order valence-corrected chi connectivity index (χ4v) is 3.41. The summed E-state index contributed by atoms with van der Waals surface area (Å²) in [7, 11) is 0. The molecule has 3 aromatic rings. The topological polar surface area (TPSA) is 103 Å². The third kappa shape index (κ3) is 8.26. The molecule has 1 atom stereocenters. The lowest BCUT2D eigenvalue weighted by molar-refractivity contribution is -0.742. The average Bonchev–Trinajstić information content (AvgIpc) is 3.15. The largest absolute Gasteiger partial charge is 0.494 e. The van der Waals surface area contributed by atoms with E-state index in [1.54, 1.807) is 17.1 Å². The van der Waals surface area contributed by atoms with Crippen LogP contribution in [0.5, 0.6) is 5.75 Å². The number of benzene rings is 2. The van der Waals surface area contributed by atoms with Gasteiger partial charge in [-0.25, -0.2) is 4.98 Å². The Hall–Kier alpha value is -2.36. The molecular weight excluding hydrogens is 487 g/mol. The monoisotopic (exact) mass is 502 g/mol. The average molecular weight is 504 g/mol. The molecule has 0 bridgehead atoms. The molecule has 154 valence electrons. The van der Waals surface area contributed by atoms with E-state index in [1.165, 1.54) is 6.33 Å². The van der Waals surface area contributed by atoms with Gasteiger partial charge >= 0.3 is 0 Å². The zero-order valence-corrected chi connectivity index (χ0v) is 18.1. The van der Waals surface area contributed by atoms with Gasteiger partial charge in [0.05, 0.1) is 6.61 Å². The van der Waals surface area contributed by atoms with Crippen LogP contribution >= 0.6 is 39.1 Å². The summed E-state index contributed by atoms with van der Waals surface area (Å²) in [6.07, 6.45) is 4.02. The number of nitrogens with zero attached hydrogens (tertiary/aromatic N) is 4. The van der Waals surface area contributed by atoms with Crippen molar-refractivity contribution in [1.82, 2.24) is 14.8 Å². The maximum absolute atomic E-state index is 8.36. The SMILES string of the molecule is Clc1ccc(C(CCOc2ccc(Br)cc2)Cn2cncn2)c(Cl)c1.O=[N+]([O-])O. The van der Waals surface area contributed by atoms with Gasteiger partial charge in [0.2, 0.25) is 0 Å². The van der Waals surface area contributed by atoms with Gasteiger partial charge in [-0.2, -0.15) is 5.10 Å². The summed E-state index contributed by atoms with van der Waals surface area (Å²) >= 11 is 15.8. The van der Waals surface area contributed by atoms with Gasteiger partial charge < -0.3 is 9.94 Å². The molecule has 11 heteroatoms. The van der Waals surface area contributed by atoms with Crippen LogP contribution in [-0.4, -0.2) is 31.7 Å². The first-order valence-corrected chi connectivity index (χ1v) is 9.89. The Morgan fingerprint density at radius 3 is 2.52 bits per heavy atom. The Balaban J connectivity index is 0.000000687. The number of rotatable bonds is 7. The quantitative estimate of drug-likeness (QED) is 0.348.